The number of anilines is 1. The summed E-state index contributed by atoms with van der Waals surface area (Å²) in [6, 6.07) is 12.1. The molecule has 0 aromatic heterocycles. The average molecular weight is 362 g/mol. The Labute approximate surface area is 148 Å². The lowest BCUT2D eigenvalue weighted by atomic mass is 10.1. The molecule has 2 rings (SSSR count). The Morgan fingerprint density at radius 2 is 1.84 bits per heavy atom. The van der Waals surface area contributed by atoms with E-state index in [9.17, 15) is 13.2 Å². The molecule has 0 unspecified atom stereocenters. The summed E-state index contributed by atoms with van der Waals surface area (Å²) in [6.07, 6.45) is 1.06. The van der Waals surface area contributed by atoms with Crippen LogP contribution in [0.1, 0.15) is 21.5 Å². The molecule has 0 radical (unpaired) electrons. The van der Waals surface area contributed by atoms with Crippen LogP contribution in [0.25, 0.3) is 0 Å². The fourth-order valence-electron chi connectivity index (χ4n) is 2.18. The van der Waals surface area contributed by atoms with Gasteiger partial charge >= 0.3 is 0 Å². The van der Waals surface area contributed by atoms with Crippen molar-refractivity contribution < 1.29 is 17.9 Å². The second-order valence-electron chi connectivity index (χ2n) is 5.81. The zero-order chi connectivity index (χ0) is 18.4. The van der Waals surface area contributed by atoms with E-state index < -0.39 is 10.0 Å². The number of nitrogens with one attached hydrogen (secondary N) is 2. The Morgan fingerprint density at radius 1 is 1.08 bits per heavy atom. The molecule has 2 aromatic carbocycles. The molecular weight excluding hydrogens is 340 g/mol. The highest BCUT2D eigenvalue weighted by atomic mass is 32.2. The molecule has 7 heteroatoms. The molecule has 25 heavy (non-hydrogen) atoms. The van der Waals surface area contributed by atoms with E-state index in [1.54, 1.807) is 18.2 Å². The van der Waals surface area contributed by atoms with Crippen molar-refractivity contribution in [2.75, 3.05) is 24.1 Å². The van der Waals surface area contributed by atoms with Gasteiger partial charge in [0.2, 0.25) is 10.0 Å². The summed E-state index contributed by atoms with van der Waals surface area (Å²) in [5.74, 6) is 0.470. The van der Waals surface area contributed by atoms with Crippen molar-refractivity contribution in [2.45, 2.75) is 13.8 Å². The number of carbonyl (C=O) groups is 1. The molecule has 1 amide bonds. The van der Waals surface area contributed by atoms with Gasteiger partial charge in [-0.2, -0.15) is 0 Å². The lowest BCUT2D eigenvalue weighted by molar-refractivity contribution is 0.0947. The highest BCUT2D eigenvalue weighted by Crippen LogP contribution is 2.16. The first-order valence-corrected chi connectivity index (χ1v) is 9.70. The molecule has 0 heterocycles. The molecule has 0 spiro atoms. The first kappa shape index (κ1) is 18.8. The fourth-order valence-corrected chi connectivity index (χ4v) is 2.73. The predicted molar refractivity (Wildman–Crippen MR) is 98.7 cm³/mol. The van der Waals surface area contributed by atoms with Crippen LogP contribution in [-0.4, -0.2) is 33.7 Å². The van der Waals surface area contributed by atoms with Crippen LogP contribution >= 0.6 is 0 Å². The van der Waals surface area contributed by atoms with E-state index in [-0.39, 0.29) is 5.91 Å². The summed E-state index contributed by atoms with van der Waals surface area (Å²) in [5.41, 5.74) is 3.07. The third kappa shape index (κ3) is 6.11. The molecule has 0 bridgehead atoms. The van der Waals surface area contributed by atoms with Gasteiger partial charge in [0.1, 0.15) is 12.4 Å². The number of rotatable bonds is 7. The van der Waals surface area contributed by atoms with Crippen molar-refractivity contribution in [2.24, 2.45) is 0 Å². The molecule has 0 saturated carbocycles. The van der Waals surface area contributed by atoms with E-state index in [0.29, 0.717) is 24.4 Å². The Morgan fingerprint density at radius 3 is 2.52 bits per heavy atom. The molecule has 0 saturated heterocycles. The molecule has 0 aliphatic heterocycles. The van der Waals surface area contributed by atoms with Crippen molar-refractivity contribution >= 4 is 21.6 Å². The van der Waals surface area contributed by atoms with Gasteiger partial charge in [0.15, 0.2) is 0 Å². The maximum Gasteiger partial charge on any atom is 0.251 e. The minimum Gasteiger partial charge on any atom is -0.492 e. The van der Waals surface area contributed by atoms with E-state index in [1.165, 1.54) is 11.6 Å². The lowest BCUT2D eigenvalue weighted by Crippen LogP contribution is -2.28. The number of aryl methyl sites for hydroxylation is 2. The summed E-state index contributed by atoms with van der Waals surface area (Å²) in [5, 5.41) is 2.74. The second-order valence-corrected chi connectivity index (χ2v) is 7.55. The molecule has 6 nitrogen and oxygen atoms in total. The largest absolute Gasteiger partial charge is 0.492 e. The SMILES string of the molecule is Cc1ccc(OCCNC(=O)c2cccc(NS(C)(=O)=O)c2)cc1C. The van der Waals surface area contributed by atoms with Crippen LogP contribution in [-0.2, 0) is 10.0 Å². The molecule has 0 aliphatic rings. The zero-order valence-electron chi connectivity index (χ0n) is 14.5. The van der Waals surface area contributed by atoms with Crippen LogP contribution in [0.15, 0.2) is 42.5 Å². The van der Waals surface area contributed by atoms with Gasteiger partial charge in [-0.3, -0.25) is 9.52 Å². The summed E-state index contributed by atoms with van der Waals surface area (Å²) >= 11 is 0. The van der Waals surface area contributed by atoms with Gasteiger partial charge in [0.05, 0.1) is 12.8 Å². The van der Waals surface area contributed by atoms with Crippen LogP contribution in [0.5, 0.6) is 5.75 Å². The molecule has 0 atom stereocenters. The Hall–Kier alpha value is -2.54. The number of sulfonamides is 1. The summed E-state index contributed by atoms with van der Waals surface area (Å²) in [6.45, 7) is 4.73. The first-order valence-electron chi connectivity index (χ1n) is 7.81. The maximum absolute atomic E-state index is 12.1. The number of benzene rings is 2. The highest BCUT2D eigenvalue weighted by molar-refractivity contribution is 7.92. The minimum atomic E-state index is -3.38. The monoisotopic (exact) mass is 362 g/mol. The van der Waals surface area contributed by atoms with Crippen LogP contribution in [0.2, 0.25) is 0 Å². The van der Waals surface area contributed by atoms with Gasteiger partial charge in [-0.1, -0.05) is 12.1 Å². The van der Waals surface area contributed by atoms with Crippen molar-refractivity contribution in [3.63, 3.8) is 0 Å². The summed E-state index contributed by atoms with van der Waals surface area (Å²) < 4.78 is 30.4. The average Bonchev–Trinajstić information content (AvgIpc) is 2.53. The molecule has 0 aliphatic carbocycles. The van der Waals surface area contributed by atoms with Crippen LogP contribution in [0, 0.1) is 13.8 Å². The van der Waals surface area contributed by atoms with Gasteiger partial charge in [0.25, 0.3) is 5.91 Å². The first-order chi connectivity index (χ1) is 11.7. The van der Waals surface area contributed by atoms with Gasteiger partial charge < -0.3 is 10.1 Å². The second kappa shape index (κ2) is 8.02. The van der Waals surface area contributed by atoms with Crippen molar-refractivity contribution in [3.8, 4) is 5.75 Å². The Balaban J connectivity index is 1.86. The van der Waals surface area contributed by atoms with Gasteiger partial charge in [0, 0.05) is 11.3 Å². The highest BCUT2D eigenvalue weighted by Gasteiger charge is 2.08. The minimum absolute atomic E-state index is 0.291. The number of hydrogen-bond acceptors (Lipinski definition) is 4. The van der Waals surface area contributed by atoms with E-state index in [0.717, 1.165) is 17.6 Å². The predicted octanol–water partition coefficient (Wildman–Crippen LogP) is 2.48. The van der Waals surface area contributed by atoms with Crippen LogP contribution in [0.4, 0.5) is 5.69 Å². The Bertz CT molecular complexity index is 863. The van der Waals surface area contributed by atoms with Crippen LogP contribution in [0.3, 0.4) is 0 Å². The summed E-state index contributed by atoms with van der Waals surface area (Å²) in [7, 11) is -3.38. The van der Waals surface area contributed by atoms with E-state index in [2.05, 4.69) is 10.0 Å². The number of carbonyl (C=O) groups excluding carboxylic acids is 1. The summed E-state index contributed by atoms with van der Waals surface area (Å²) in [4.78, 5) is 12.1. The number of hydrogen-bond donors (Lipinski definition) is 2. The Kier molecular flexibility index (Phi) is 6.03. The fraction of sp³-hybridized carbons (Fsp3) is 0.278. The van der Waals surface area contributed by atoms with Crippen LogP contribution < -0.4 is 14.8 Å². The van der Waals surface area contributed by atoms with E-state index >= 15 is 0 Å². The number of amides is 1. The quantitative estimate of drug-likeness (QED) is 0.741. The van der Waals surface area contributed by atoms with E-state index in [1.807, 2.05) is 32.0 Å². The molecule has 2 aromatic rings. The van der Waals surface area contributed by atoms with Crippen molar-refractivity contribution in [1.82, 2.24) is 5.32 Å². The molecule has 0 fully saturated rings. The van der Waals surface area contributed by atoms with Crippen molar-refractivity contribution in [3.05, 3.63) is 59.2 Å². The van der Waals surface area contributed by atoms with Gasteiger partial charge in [-0.05, 0) is 55.3 Å². The third-order valence-corrected chi connectivity index (χ3v) is 4.17. The normalized spacial score (nSPS) is 11.0. The number of ether oxygens (including phenoxy) is 1. The molecular formula is C18H22N2O4S. The lowest BCUT2D eigenvalue weighted by Gasteiger charge is -2.10. The smallest absolute Gasteiger partial charge is 0.251 e. The molecule has 134 valence electrons. The van der Waals surface area contributed by atoms with Gasteiger partial charge in [-0.25, -0.2) is 8.42 Å². The van der Waals surface area contributed by atoms with E-state index in [4.69, 9.17) is 4.74 Å². The zero-order valence-corrected chi connectivity index (χ0v) is 15.3. The maximum atomic E-state index is 12.1. The topological polar surface area (TPSA) is 84.5 Å². The standard InChI is InChI=1S/C18H22N2O4S/c1-13-7-8-17(11-14(13)2)24-10-9-19-18(21)15-5-4-6-16(12-15)20-25(3,22)23/h4-8,11-12,20H,9-10H2,1-3H3,(H,19,21). The van der Waals surface area contributed by atoms with Gasteiger partial charge in [-0.15, -0.1) is 0 Å². The van der Waals surface area contributed by atoms with Crippen molar-refractivity contribution in [1.29, 1.82) is 0 Å². The third-order valence-electron chi connectivity index (χ3n) is 3.56. The molecule has 2 N–H and O–H groups in total.